The molecule has 0 spiro atoms. The molecule has 0 saturated heterocycles. The van der Waals surface area contributed by atoms with Crippen molar-refractivity contribution in [3.8, 4) is 11.8 Å². The zero-order chi connectivity index (χ0) is 12.9. The monoisotopic (exact) mass is 240 g/mol. The van der Waals surface area contributed by atoms with Gasteiger partial charge in [-0.2, -0.15) is 13.2 Å². The smallest absolute Gasteiger partial charge is 0.416 e. The highest BCUT2D eigenvalue weighted by atomic mass is 19.4. The van der Waals surface area contributed by atoms with Crippen LogP contribution in [0, 0.1) is 11.8 Å². The van der Waals surface area contributed by atoms with Gasteiger partial charge >= 0.3 is 6.18 Å². The second-order valence-corrected chi connectivity index (χ2v) is 3.20. The molecule has 0 aromatic heterocycles. The molecule has 17 heavy (non-hydrogen) atoms. The summed E-state index contributed by atoms with van der Waals surface area (Å²) in [5.41, 5.74) is -0.129. The van der Waals surface area contributed by atoms with Crippen molar-refractivity contribution in [1.29, 1.82) is 0 Å². The Labute approximate surface area is 97.9 Å². The van der Waals surface area contributed by atoms with Gasteiger partial charge in [-0.15, -0.1) is 5.92 Å². The molecule has 1 unspecified atom stereocenters. The Kier molecular flexibility index (Phi) is 4.22. The van der Waals surface area contributed by atoms with Crippen molar-refractivity contribution in [2.75, 3.05) is 0 Å². The van der Waals surface area contributed by atoms with Gasteiger partial charge in [-0.05, 0) is 19.1 Å². The SMILES string of the molecule is C=COC(C#CC)c1ccc(C(F)(F)F)cc1. The Morgan fingerprint density at radius 2 is 1.88 bits per heavy atom. The van der Waals surface area contributed by atoms with E-state index in [1.54, 1.807) is 6.92 Å². The molecule has 0 aliphatic heterocycles. The van der Waals surface area contributed by atoms with E-state index in [1.807, 2.05) is 0 Å². The van der Waals surface area contributed by atoms with Gasteiger partial charge in [-0.1, -0.05) is 24.6 Å². The van der Waals surface area contributed by atoms with Crippen LogP contribution in [-0.4, -0.2) is 0 Å². The molecule has 0 bridgehead atoms. The Morgan fingerprint density at radius 1 is 1.29 bits per heavy atom. The van der Waals surface area contributed by atoms with E-state index < -0.39 is 17.8 Å². The quantitative estimate of drug-likeness (QED) is 0.574. The summed E-state index contributed by atoms with van der Waals surface area (Å²) < 4.78 is 42.1. The summed E-state index contributed by atoms with van der Waals surface area (Å²) in [6.45, 7) is 5.02. The summed E-state index contributed by atoms with van der Waals surface area (Å²) in [4.78, 5) is 0. The summed E-state index contributed by atoms with van der Waals surface area (Å²) in [5, 5.41) is 0. The van der Waals surface area contributed by atoms with Crippen molar-refractivity contribution in [3.05, 3.63) is 48.2 Å². The summed E-state index contributed by atoms with van der Waals surface area (Å²) >= 11 is 0. The number of ether oxygens (including phenoxy) is 1. The van der Waals surface area contributed by atoms with Crippen LogP contribution in [0.3, 0.4) is 0 Å². The van der Waals surface area contributed by atoms with Gasteiger partial charge in [0, 0.05) is 5.56 Å². The van der Waals surface area contributed by atoms with Crippen molar-refractivity contribution >= 4 is 0 Å². The Morgan fingerprint density at radius 3 is 2.29 bits per heavy atom. The van der Waals surface area contributed by atoms with Crippen LogP contribution in [0.4, 0.5) is 13.2 Å². The van der Waals surface area contributed by atoms with Crippen LogP contribution < -0.4 is 0 Å². The third kappa shape index (κ3) is 3.56. The molecule has 0 radical (unpaired) electrons. The van der Waals surface area contributed by atoms with E-state index in [4.69, 9.17) is 4.74 Å². The topological polar surface area (TPSA) is 9.23 Å². The van der Waals surface area contributed by atoms with Gasteiger partial charge in [0.2, 0.25) is 0 Å². The first-order valence-electron chi connectivity index (χ1n) is 4.85. The van der Waals surface area contributed by atoms with Crippen molar-refractivity contribution in [3.63, 3.8) is 0 Å². The van der Waals surface area contributed by atoms with Crippen LogP contribution in [0.15, 0.2) is 37.1 Å². The number of hydrogen-bond donors (Lipinski definition) is 0. The fourth-order valence-electron chi connectivity index (χ4n) is 1.27. The van der Waals surface area contributed by atoms with Crippen molar-refractivity contribution in [2.45, 2.75) is 19.2 Å². The van der Waals surface area contributed by atoms with Crippen molar-refractivity contribution in [1.82, 2.24) is 0 Å². The van der Waals surface area contributed by atoms with Crippen LogP contribution in [0.25, 0.3) is 0 Å². The van der Waals surface area contributed by atoms with Gasteiger partial charge in [-0.3, -0.25) is 0 Å². The molecule has 1 nitrogen and oxygen atoms in total. The third-order valence-electron chi connectivity index (χ3n) is 2.05. The fraction of sp³-hybridized carbons (Fsp3) is 0.231. The molecule has 0 aliphatic rings. The zero-order valence-corrected chi connectivity index (χ0v) is 9.21. The largest absolute Gasteiger partial charge is 0.481 e. The lowest BCUT2D eigenvalue weighted by atomic mass is 10.1. The highest BCUT2D eigenvalue weighted by Gasteiger charge is 2.30. The lowest BCUT2D eigenvalue weighted by Gasteiger charge is -2.12. The number of halogens is 3. The summed E-state index contributed by atoms with van der Waals surface area (Å²) in [6.07, 6.45) is -3.70. The van der Waals surface area contributed by atoms with E-state index in [9.17, 15) is 13.2 Å². The minimum absolute atomic E-state index is 0.562. The summed E-state index contributed by atoms with van der Waals surface area (Å²) in [5.74, 6) is 5.38. The lowest BCUT2D eigenvalue weighted by molar-refractivity contribution is -0.137. The fourth-order valence-corrected chi connectivity index (χ4v) is 1.27. The number of rotatable bonds is 3. The molecule has 4 heteroatoms. The molecule has 1 aromatic carbocycles. The van der Waals surface area contributed by atoms with Gasteiger partial charge in [0.25, 0.3) is 0 Å². The molecule has 1 aromatic rings. The predicted octanol–water partition coefficient (Wildman–Crippen LogP) is 3.93. The standard InChI is InChI=1S/C13H11F3O/c1-3-5-12(17-4-2)10-6-8-11(9-7-10)13(14,15)16/h4,6-9,12H,2H2,1H3. The Hall–Kier alpha value is -1.89. The maximum atomic E-state index is 12.3. The zero-order valence-electron chi connectivity index (χ0n) is 9.21. The average Bonchev–Trinajstić information content (AvgIpc) is 2.28. The molecule has 0 aliphatic carbocycles. The molecule has 1 rings (SSSR count). The molecule has 0 saturated carbocycles. The van der Waals surface area contributed by atoms with Crippen LogP contribution in [0.2, 0.25) is 0 Å². The normalized spacial score (nSPS) is 12.2. The maximum absolute atomic E-state index is 12.3. The highest BCUT2D eigenvalue weighted by Crippen LogP contribution is 2.30. The molecule has 90 valence electrons. The summed E-state index contributed by atoms with van der Waals surface area (Å²) in [6, 6.07) is 4.71. The number of hydrogen-bond acceptors (Lipinski definition) is 1. The van der Waals surface area contributed by atoms with Gasteiger partial charge in [0.05, 0.1) is 11.8 Å². The Bertz CT molecular complexity index is 434. The first kappa shape index (κ1) is 13.2. The van der Waals surface area contributed by atoms with E-state index in [0.717, 1.165) is 12.1 Å². The second-order valence-electron chi connectivity index (χ2n) is 3.20. The van der Waals surface area contributed by atoms with Gasteiger partial charge in [-0.25, -0.2) is 0 Å². The number of benzene rings is 1. The van der Waals surface area contributed by atoms with Crippen LogP contribution in [0.1, 0.15) is 24.2 Å². The summed E-state index contributed by atoms with van der Waals surface area (Å²) in [7, 11) is 0. The van der Waals surface area contributed by atoms with Crippen LogP contribution in [-0.2, 0) is 10.9 Å². The van der Waals surface area contributed by atoms with Crippen molar-refractivity contribution in [2.24, 2.45) is 0 Å². The number of alkyl halides is 3. The molecule has 0 heterocycles. The average molecular weight is 240 g/mol. The second kappa shape index (κ2) is 5.44. The van der Waals surface area contributed by atoms with Gasteiger partial charge in [0.1, 0.15) is 0 Å². The molecule has 0 N–H and O–H groups in total. The third-order valence-corrected chi connectivity index (χ3v) is 2.05. The first-order valence-corrected chi connectivity index (χ1v) is 4.85. The van der Waals surface area contributed by atoms with E-state index in [-0.39, 0.29) is 0 Å². The van der Waals surface area contributed by atoms with Crippen molar-refractivity contribution < 1.29 is 17.9 Å². The molecule has 0 amide bonds. The molecule has 0 fully saturated rings. The molecule has 1 atom stereocenters. The first-order chi connectivity index (χ1) is 7.99. The van der Waals surface area contributed by atoms with E-state index in [1.165, 1.54) is 18.4 Å². The van der Waals surface area contributed by atoms with E-state index in [0.29, 0.717) is 5.56 Å². The van der Waals surface area contributed by atoms with Gasteiger partial charge in [0.15, 0.2) is 6.10 Å². The predicted molar refractivity (Wildman–Crippen MR) is 58.9 cm³/mol. The molecular weight excluding hydrogens is 229 g/mol. The minimum atomic E-state index is -4.33. The van der Waals surface area contributed by atoms with E-state index >= 15 is 0 Å². The highest BCUT2D eigenvalue weighted by molar-refractivity contribution is 5.30. The maximum Gasteiger partial charge on any atom is 0.416 e. The lowest BCUT2D eigenvalue weighted by Crippen LogP contribution is -2.05. The minimum Gasteiger partial charge on any atom is -0.481 e. The Balaban J connectivity index is 2.98. The van der Waals surface area contributed by atoms with E-state index in [2.05, 4.69) is 18.4 Å². The van der Waals surface area contributed by atoms with Crippen LogP contribution >= 0.6 is 0 Å². The molecular formula is C13H11F3O. The van der Waals surface area contributed by atoms with Gasteiger partial charge < -0.3 is 4.74 Å². The van der Waals surface area contributed by atoms with Crippen LogP contribution in [0.5, 0.6) is 0 Å².